The van der Waals surface area contributed by atoms with E-state index >= 15 is 0 Å². The SMILES string of the molecule is C=CCOC(=O)N1CCCC(C(=O)O)C1C(F)(F)F. The van der Waals surface area contributed by atoms with Crippen LogP contribution in [-0.4, -0.2) is 47.4 Å². The van der Waals surface area contributed by atoms with Crippen LogP contribution >= 0.6 is 0 Å². The van der Waals surface area contributed by atoms with Crippen molar-refractivity contribution >= 4 is 12.1 Å². The lowest BCUT2D eigenvalue weighted by Crippen LogP contribution is -2.57. The van der Waals surface area contributed by atoms with Gasteiger partial charge in [0.1, 0.15) is 12.6 Å². The van der Waals surface area contributed by atoms with Crippen LogP contribution in [0.5, 0.6) is 0 Å². The third kappa shape index (κ3) is 3.62. The van der Waals surface area contributed by atoms with Crippen molar-refractivity contribution in [1.29, 1.82) is 0 Å². The number of ether oxygens (including phenoxy) is 1. The first-order chi connectivity index (χ1) is 8.79. The van der Waals surface area contributed by atoms with E-state index in [-0.39, 0.29) is 26.0 Å². The maximum atomic E-state index is 13.0. The number of nitrogens with zero attached hydrogens (tertiary/aromatic N) is 1. The van der Waals surface area contributed by atoms with E-state index in [0.29, 0.717) is 4.90 Å². The molecule has 1 heterocycles. The fraction of sp³-hybridized carbons (Fsp3) is 0.636. The Labute approximate surface area is 107 Å². The minimum Gasteiger partial charge on any atom is -0.481 e. The van der Waals surface area contributed by atoms with Crippen LogP contribution in [0.4, 0.5) is 18.0 Å². The van der Waals surface area contributed by atoms with Gasteiger partial charge in [-0.05, 0) is 12.8 Å². The highest BCUT2D eigenvalue weighted by Crippen LogP contribution is 2.36. The van der Waals surface area contributed by atoms with Crippen molar-refractivity contribution in [2.24, 2.45) is 5.92 Å². The van der Waals surface area contributed by atoms with Gasteiger partial charge in [-0.15, -0.1) is 0 Å². The van der Waals surface area contributed by atoms with Gasteiger partial charge in [0.2, 0.25) is 0 Å². The molecule has 8 heteroatoms. The summed E-state index contributed by atoms with van der Waals surface area (Å²) in [5, 5.41) is 8.85. The van der Waals surface area contributed by atoms with E-state index in [1.807, 2.05) is 0 Å². The van der Waals surface area contributed by atoms with Gasteiger partial charge in [0, 0.05) is 6.54 Å². The Bertz CT molecular complexity index is 369. The van der Waals surface area contributed by atoms with Crippen LogP contribution in [0.15, 0.2) is 12.7 Å². The number of alkyl halides is 3. The Morgan fingerprint density at radius 1 is 1.47 bits per heavy atom. The van der Waals surface area contributed by atoms with Crippen molar-refractivity contribution in [3.63, 3.8) is 0 Å². The molecule has 0 aromatic carbocycles. The Morgan fingerprint density at radius 2 is 2.11 bits per heavy atom. The highest BCUT2D eigenvalue weighted by atomic mass is 19.4. The lowest BCUT2D eigenvalue weighted by atomic mass is 9.89. The van der Waals surface area contributed by atoms with E-state index < -0.39 is 30.2 Å². The predicted molar refractivity (Wildman–Crippen MR) is 58.5 cm³/mol. The molecule has 19 heavy (non-hydrogen) atoms. The van der Waals surface area contributed by atoms with Gasteiger partial charge >= 0.3 is 18.2 Å². The molecule has 0 radical (unpaired) electrons. The minimum absolute atomic E-state index is 0.120. The van der Waals surface area contributed by atoms with Gasteiger partial charge in [0.05, 0.1) is 5.92 Å². The quantitative estimate of drug-likeness (QED) is 0.804. The Morgan fingerprint density at radius 3 is 2.58 bits per heavy atom. The molecule has 0 aromatic rings. The van der Waals surface area contributed by atoms with E-state index in [9.17, 15) is 22.8 Å². The van der Waals surface area contributed by atoms with E-state index in [1.165, 1.54) is 6.08 Å². The summed E-state index contributed by atoms with van der Waals surface area (Å²) in [6.07, 6.45) is -4.69. The summed E-state index contributed by atoms with van der Waals surface area (Å²) in [5.74, 6) is -3.23. The summed E-state index contributed by atoms with van der Waals surface area (Å²) in [7, 11) is 0. The van der Waals surface area contributed by atoms with Gasteiger partial charge in [-0.2, -0.15) is 13.2 Å². The molecule has 1 rings (SSSR count). The second-order valence-electron chi connectivity index (χ2n) is 4.13. The summed E-state index contributed by atoms with van der Waals surface area (Å²) in [6, 6.07) is -2.35. The summed E-state index contributed by atoms with van der Waals surface area (Å²) in [5.41, 5.74) is 0. The van der Waals surface area contributed by atoms with Crippen molar-refractivity contribution in [2.75, 3.05) is 13.2 Å². The van der Waals surface area contributed by atoms with Crippen LogP contribution in [0, 0.1) is 5.92 Å². The maximum absolute atomic E-state index is 13.0. The fourth-order valence-electron chi connectivity index (χ4n) is 2.08. The smallest absolute Gasteiger partial charge is 0.410 e. The van der Waals surface area contributed by atoms with Crippen LogP contribution in [0.3, 0.4) is 0 Å². The summed E-state index contributed by atoms with van der Waals surface area (Å²) < 4.78 is 43.4. The molecule has 1 aliphatic rings. The van der Waals surface area contributed by atoms with E-state index in [4.69, 9.17) is 5.11 Å². The number of aliphatic carboxylic acids is 1. The molecule has 1 aliphatic heterocycles. The summed E-state index contributed by atoms with van der Waals surface area (Å²) in [6.45, 7) is 2.88. The normalized spacial score (nSPS) is 23.8. The zero-order chi connectivity index (χ0) is 14.6. The van der Waals surface area contributed by atoms with E-state index in [1.54, 1.807) is 0 Å². The topological polar surface area (TPSA) is 66.8 Å². The van der Waals surface area contributed by atoms with Gasteiger partial charge in [0.25, 0.3) is 0 Å². The summed E-state index contributed by atoms with van der Waals surface area (Å²) in [4.78, 5) is 22.9. The zero-order valence-electron chi connectivity index (χ0n) is 10.0. The Kier molecular flexibility index (Phi) is 4.79. The number of carbonyl (C=O) groups excluding carboxylic acids is 1. The number of rotatable bonds is 3. The molecule has 0 aromatic heterocycles. The zero-order valence-corrected chi connectivity index (χ0v) is 10.0. The number of piperidine rings is 1. The first kappa shape index (κ1) is 15.3. The van der Waals surface area contributed by atoms with E-state index in [0.717, 1.165) is 0 Å². The van der Waals surface area contributed by atoms with Crippen molar-refractivity contribution in [3.05, 3.63) is 12.7 Å². The number of carboxylic acids is 1. The monoisotopic (exact) mass is 281 g/mol. The van der Waals surface area contributed by atoms with Crippen molar-refractivity contribution in [2.45, 2.75) is 25.1 Å². The molecule has 1 saturated heterocycles. The fourth-order valence-corrected chi connectivity index (χ4v) is 2.08. The second-order valence-corrected chi connectivity index (χ2v) is 4.13. The highest BCUT2D eigenvalue weighted by Gasteiger charge is 2.54. The maximum Gasteiger partial charge on any atom is 0.410 e. The lowest BCUT2D eigenvalue weighted by Gasteiger charge is -2.39. The number of carbonyl (C=O) groups is 2. The molecule has 0 saturated carbocycles. The van der Waals surface area contributed by atoms with Crippen LogP contribution in [0.2, 0.25) is 0 Å². The first-order valence-corrected chi connectivity index (χ1v) is 5.63. The van der Waals surface area contributed by atoms with Gasteiger partial charge in [0.15, 0.2) is 0 Å². The molecule has 1 amide bonds. The van der Waals surface area contributed by atoms with E-state index in [2.05, 4.69) is 11.3 Å². The van der Waals surface area contributed by atoms with Crippen LogP contribution in [-0.2, 0) is 9.53 Å². The molecule has 108 valence electrons. The molecule has 2 atom stereocenters. The third-order valence-electron chi connectivity index (χ3n) is 2.84. The van der Waals surface area contributed by atoms with Gasteiger partial charge < -0.3 is 9.84 Å². The van der Waals surface area contributed by atoms with Crippen molar-refractivity contribution < 1.29 is 32.6 Å². The number of amides is 1. The van der Waals surface area contributed by atoms with Crippen LogP contribution in [0.1, 0.15) is 12.8 Å². The first-order valence-electron chi connectivity index (χ1n) is 5.63. The molecule has 0 bridgehead atoms. The molecular formula is C11H14F3NO4. The number of carboxylic acid groups (broad SMARTS) is 1. The molecule has 0 spiro atoms. The van der Waals surface area contributed by atoms with Crippen LogP contribution in [0.25, 0.3) is 0 Å². The average molecular weight is 281 g/mol. The Hall–Kier alpha value is -1.73. The van der Waals surface area contributed by atoms with Crippen molar-refractivity contribution in [3.8, 4) is 0 Å². The Balaban J connectivity index is 2.96. The molecule has 2 unspecified atom stereocenters. The van der Waals surface area contributed by atoms with Crippen LogP contribution < -0.4 is 0 Å². The number of likely N-dealkylation sites (tertiary alicyclic amines) is 1. The number of hydrogen-bond donors (Lipinski definition) is 1. The lowest BCUT2D eigenvalue weighted by molar-refractivity contribution is -0.205. The summed E-state index contributed by atoms with van der Waals surface area (Å²) >= 11 is 0. The molecule has 1 fully saturated rings. The third-order valence-corrected chi connectivity index (χ3v) is 2.84. The minimum atomic E-state index is -4.81. The predicted octanol–water partition coefficient (Wildman–Crippen LogP) is 2.04. The molecule has 0 aliphatic carbocycles. The second kappa shape index (κ2) is 5.94. The molecular weight excluding hydrogens is 267 g/mol. The van der Waals surface area contributed by atoms with Gasteiger partial charge in [-0.25, -0.2) is 4.79 Å². The number of hydrogen-bond acceptors (Lipinski definition) is 3. The standard InChI is InChI=1S/C11H14F3NO4/c1-2-6-19-10(18)15-5-3-4-7(9(16)17)8(15)11(12,13)14/h2,7-8H,1,3-6H2,(H,16,17). The largest absolute Gasteiger partial charge is 0.481 e. The van der Waals surface area contributed by atoms with Gasteiger partial charge in [-0.3, -0.25) is 9.69 Å². The average Bonchev–Trinajstić information content (AvgIpc) is 2.33. The number of halogens is 3. The van der Waals surface area contributed by atoms with Gasteiger partial charge in [-0.1, -0.05) is 12.7 Å². The molecule has 5 nitrogen and oxygen atoms in total. The van der Waals surface area contributed by atoms with Crippen molar-refractivity contribution in [1.82, 2.24) is 4.90 Å². The highest BCUT2D eigenvalue weighted by molar-refractivity contribution is 5.74. The molecule has 1 N–H and O–H groups in total.